The van der Waals surface area contributed by atoms with Crippen LogP contribution >= 0.6 is 0 Å². The number of hydrogen-bond acceptors (Lipinski definition) is 5. The molecule has 1 N–H and O–H groups in total. The van der Waals surface area contributed by atoms with Gasteiger partial charge >= 0.3 is 0 Å². The molecule has 3 heterocycles. The minimum Gasteiger partial charge on any atom is -0.384 e. The molecule has 1 saturated heterocycles. The molecule has 0 radical (unpaired) electrons. The number of rotatable bonds is 4. The van der Waals surface area contributed by atoms with E-state index in [1.54, 1.807) is 30.9 Å². The third kappa shape index (κ3) is 3.89. The number of carbonyl (C=O) groups is 1. The van der Waals surface area contributed by atoms with E-state index >= 15 is 0 Å². The van der Waals surface area contributed by atoms with Gasteiger partial charge in [0.05, 0.1) is 17.3 Å². The average molecular weight is 379 g/mol. The summed E-state index contributed by atoms with van der Waals surface area (Å²) in [7, 11) is 0. The highest BCUT2D eigenvalue weighted by molar-refractivity contribution is 5.97. The van der Waals surface area contributed by atoms with Crippen LogP contribution in [0.3, 0.4) is 0 Å². The fourth-order valence-electron chi connectivity index (χ4n) is 3.70. The van der Waals surface area contributed by atoms with Crippen LogP contribution in [0.4, 0.5) is 0 Å². The smallest absolute Gasteiger partial charge is 0.255 e. The molecule has 1 fully saturated rings. The van der Waals surface area contributed by atoms with Crippen molar-refractivity contribution in [3.63, 3.8) is 0 Å². The number of benzene rings is 1. The maximum atomic E-state index is 13.0. The number of fused-ring (bicyclic) bond motifs is 1. The SMILES string of the molecule is CC(C)(O)c1cn(C[C@H]2CCCN(C(=O)c3cnc4ccccc4c3)C2)nn1. The van der Waals surface area contributed by atoms with Crippen LogP contribution in [0.1, 0.15) is 42.7 Å². The number of piperidine rings is 1. The molecule has 0 bridgehead atoms. The van der Waals surface area contributed by atoms with Crippen molar-refractivity contribution in [3.8, 4) is 0 Å². The normalized spacial score (nSPS) is 17.8. The van der Waals surface area contributed by atoms with Crippen molar-refractivity contribution >= 4 is 16.8 Å². The number of para-hydroxylation sites is 1. The van der Waals surface area contributed by atoms with Gasteiger partial charge in [-0.05, 0) is 44.7 Å². The first-order chi connectivity index (χ1) is 13.4. The Bertz CT molecular complexity index is 992. The lowest BCUT2D eigenvalue weighted by atomic mass is 9.97. The van der Waals surface area contributed by atoms with Crippen LogP contribution in [0.5, 0.6) is 0 Å². The lowest BCUT2D eigenvalue weighted by molar-refractivity contribution is 0.0659. The zero-order valence-corrected chi connectivity index (χ0v) is 16.2. The highest BCUT2D eigenvalue weighted by atomic mass is 16.3. The number of likely N-dealkylation sites (tertiary alicyclic amines) is 1. The first kappa shape index (κ1) is 18.6. The van der Waals surface area contributed by atoms with Crippen LogP contribution < -0.4 is 0 Å². The van der Waals surface area contributed by atoms with E-state index in [1.807, 2.05) is 35.2 Å². The number of carbonyl (C=O) groups excluding carboxylic acids is 1. The van der Waals surface area contributed by atoms with E-state index in [-0.39, 0.29) is 5.91 Å². The number of hydrogen-bond donors (Lipinski definition) is 1. The Morgan fingerprint density at radius 2 is 2.14 bits per heavy atom. The second-order valence-electron chi connectivity index (χ2n) is 8.06. The van der Waals surface area contributed by atoms with Crippen molar-refractivity contribution in [2.45, 2.75) is 38.8 Å². The molecule has 2 aromatic heterocycles. The molecular formula is C21H25N5O2. The molecule has 0 saturated carbocycles. The van der Waals surface area contributed by atoms with Gasteiger partial charge in [0.25, 0.3) is 5.91 Å². The molecule has 1 aromatic carbocycles. The Labute approximate surface area is 164 Å². The summed E-state index contributed by atoms with van der Waals surface area (Å²) in [6, 6.07) is 9.74. The average Bonchev–Trinajstić information content (AvgIpc) is 3.16. The highest BCUT2D eigenvalue weighted by Gasteiger charge is 2.26. The van der Waals surface area contributed by atoms with Crippen molar-refractivity contribution in [1.82, 2.24) is 24.9 Å². The summed E-state index contributed by atoms with van der Waals surface area (Å²) in [4.78, 5) is 19.3. The molecule has 0 spiro atoms. The van der Waals surface area contributed by atoms with Gasteiger partial charge in [0.15, 0.2) is 0 Å². The van der Waals surface area contributed by atoms with Crippen molar-refractivity contribution in [2.24, 2.45) is 5.92 Å². The van der Waals surface area contributed by atoms with E-state index in [0.29, 0.717) is 30.3 Å². The summed E-state index contributed by atoms with van der Waals surface area (Å²) in [6.07, 6.45) is 5.46. The van der Waals surface area contributed by atoms with E-state index in [0.717, 1.165) is 30.3 Å². The molecule has 7 nitrogen and oxygen atoms in total. The molecule has 1 amide bonds. The van der Waals surface area contributed by atoms with Crippen LogP contribution in [0.15, 0.2) is 42.7 Å². The van der Waals surface area contributed by atoms with Gasteiger partial charge in [0.1, 0.15) is 11.3 Å². The second-order valence-corrected chi connectivity index (χ2v) is 8.06. The Morgan fingerprint density at radius 3 is 2.93 bits per heavy atom. The maximum Gasteiger partial charge on any atom is 0.255 e. The fourth-order valence-corrected chi connectivity index (χ4v) is 3.70. The highest BCUT2D eigenvalue weighted by Crippen LogP contribution is 2.22. The Hall–Kier alpha value is -2.80. The van der Waals surface area contributed by atoms with Gasteiger partial charge in [-0.3, -0.25) is 14.5 Å². The van der Waals surface area contributed by atoms with Crippen molar-refractivity contribution in [3.05, 3.63) is 54.0 Å². The number of aromatic nitrogens is 4. The van der Waals surface area contributed by atoms with Gasteiger partial charge in [-0.15, -0.1) is 5.10 Å². The minimum atomic E-state index is -1.00. The van der Waals surface area contributed by atoms with Gasteiger partial charge in [-0.1, -0.05) is 23.4 Å². The summed E-state index contributed by atoms with van der Waals surface area (Å²) in [5, 5.41) is 19.2. The minimum absolute atomic E-state index is 0.0266. The summed E-state index contributed by atoms with van der Waals surface area (Å²) in [5.41, 5.74) is 1.07. The third-order valence-corrected chi connectivity index (χ3v) is 5.25. The number of amides is 1. The van der Waals surface area contributed by atoms with Gasteiger partial charge in [0, 0.05) is 31.2 Å². The lowest BCUT2D eigenvalue weighted by Gasteiger charge is -2.32. The van der Waals surface area contributed by atoms with Crippen molar-refractivity contribution < 1.29 is 9.90 Å². The predicted molar refractivity (Wildman–Crippen MR) is 106 cm³/mol. The molecule has 1 aliphatic rings. The van der Waals surface area contributed by atoms with Gasteiger partial charge in [-0.2, -0.15) is 0 Å². The molecule has 1 aliphatic heterocycles. The summed E-state index contributed by atoms with van der Waals surface area (Å²) < 4.78 is 1.77. The van der Waals surface area contributed by atoms with E-state index in [2.05, 4.69) is 15.3 Å². The molecular weight excluding hydrogens is 354 g/mol. The van der Waals surface area contributed by atoms with E-state index in [1.165, 1.54) is 0 Å². The quantitative estimate of drug-likeness (QED) is 0.753. The second kappa shape index (κ2) is 7.31. The van der Waals surface area contributed by atoms with Gasteiger partial charge in [-0.25, -0.2) is 0 Å². The van der Waals surface area contributed by atoms with Gasteiger partial charge in [0.2, 0.25) is 0 Å². The number of nitrogens with zero attached hydrogens (tertiary/aromatic N) is 5. The first-order valence-electron chi connectivity index (χ1n) is 9.67. The summed E-state index contributed by atoms with van der Waals surface area (Å²) >= 11 is 0. The lowest BCUT2D eigenvalue weighted by Crippen LogP contribution is -2.41. The largest absolute Gasteiger partial charge is 0.384 e. The van der Waals surface area contributed by atoms with E-state index in [4.69, 9.17) is 0 Å². The van der Waals surface area contributed by atoms with Crippen LogP contribution in [0, 0.1) is 5.92 Å². The van der Waals surface area contributed by atoms with Crippen LogP contribution in [0.25, 0.3) is 10.9 Å². The first-order valence-corrected chi connectivity index (χ1v) is 9.67. The monoisotopic (exact) mass is 379 g/mol. The van der Waals surface area contributed by atoms with Crippen LogP contribution in [0.2, 0.25) is 0 Å². The zero-order valence-electron chi connectivity index (χ0n) is 16.2. The number of aliphatic hydroxyl groups is 1. The Kier molecular flexibility index (Phi) is 4.85. The third-order valence-electron chi connectivity index (χ3n) is 5.25. The molecule has 0 unspecified atom stereocenters. The maximum absolute atomic E-state index is 13.0. The Morgan fingerprint density at radius 1 is 1.32 bits per heavy atom. The van der Waals surface area contributed by atoms with Crippen molar-refractivity contribution in [2.75, 3.05) is 13.1 Å². The molecule has 7 heteroatoms. The van der Waals surface area contributed by atoms with Crippen LogP contribution in [-0.4, -0.2) is 49.0 Å². The molecule has 1 atom stereocenters. The van der Waals surface area contributed by atoms with Gasteiger partial charge < -0.3 is 10.0 Å². The van der Waals surface area contributed by atoms with E-state index < -0.39 is 5.60 Å². The Balaban J connectivity index is 1.45. The molecule has 0 aliphatic carbocycles. The topological polar surface area (TPSA) is 84.1 Å². The fraction of sp³-hybridized carbons (Fsp3) is 0.429. The van der Waals surface area contributed by atoms with Crippen molar-refractivity contribution in [1.29, 1.82) is 0 Å². The van der Waals surface area contributed by atoms with Crippen LogP contribution in [-0.2, 0) is 12.1 Å². The molecule has 4 rings (SSSR count). The summed E-state index contributed by atoms with van der Waals surface area (Å²) in [6.45, 7) is 5.51. The van der Waals surface area contributed by atoms with E-state index in [9.17, 15) is 9.90 Å². The zero-order chi connectivity index (χ0) is 19.7. The molecule has 3 aromatic rings. The number of pyridine rings is 1. The molecule has 28 heavy (non-hydrogen) atoms. The molecule has 146 valence electrons. The standard InChI is InChI=1S/C21H25N5O2/c1-21(2,28)19-14-26(24-23-19)13-15-6-5-9-25(12-15)20(27)17-10-16-7-3-4-8-18(16)22-11-17/h3-4,7-8,10-11,14-15,28H,5-6,9,12-13H2,1-2H3/t15-/m0/s1. The summed E-state index contributed by atoms with van der Waals surface area (Å²) in [5.74, 6) is 0.334. The predicted octanol–water partition coefficient (Wildman–Crippen LogP) is 2.61.